The Morgan fingerprint density at radius 3 is 2.00 bits per heavy atom. The van der Waals surface area contributed by atoms with Gasteiger partial charge in [-0.05, 0) is 0 Å². The molecule has 0 aliphatic rings. The molecule has 0 bridgehead atoms. The highest BCUT2D eigenvalue weighted by Crippen LogP contribution is 1.88. The van der Waals surface area contributed by atoms with Crippen molar-refractivity contribution < 1.29 is 9.59 Å². The van der Waals surface area contributed by atoms with Gasteiger partial charge >= 0.3 is 0 Å². The minimum Gasteiger partial charge on any atom is -0.369 e. The van der Waals surface area contributed by atoms with Crippen molar-refractivity contribution in [2.24, 2.45) is 5.73 Å². The van der Waals surface area contributed by atoms with Crippen molar-refractivity contribution in [1.29, 1.82) is 0 Å². The van der Waals surface area contributed by atoms with Gasteiger partial charge in [-0.15, -0.1) is 0 Å². The molecule has 2 N–H and O–H groups in total. The van der Waals surface area contributed by atoms with Gasteiger partial charge in [0, 0.05) is 22.6 Å². The summed E-state index contributed by atoms with van der Waals surface area (Å²) in [4.78, 5) is 19.7. The zero-order chi connectivity index (χ0) is 5.86. The molecule has 0 aromatic carbocycles. The molecule has 0 fully saturated rings. The summed E-state index contributed by atoms with van der Waals surface area (Å²) in [5.74, 6) is -0.570. The maximum Gasteiger partial charge on any atom is 0.225 e. The second kappa shape index (κ2) is 2.95. The molecular weight excluding hydrogens is 209 g/mol. The van der Waals surface area contributed by atoms with E-state index in [1.165, 1.54) is 22.6 Å². The number of carbonyl (C=O) groups is 2. The first-order valence-electron chi connectivity index (χ1n) is 1.59. The topological polar surface area (TPSA) is 60.2 Å². The normalized spacial score (nSPS) is 8.14. The molecule has 0 unspecified atom stereocenters. The summed E-state index contributed by atoms with van der Waals surface area (Å²) in [7, 11) is 0. The highest BCUT2D eigenvalue weighted by Gasteiger charge is 1.97. The minimum absolute atomic E-state index is 0.152. The van der Waals surface area contributed by atoms with E-state index in [9.17, 15) is 9.59 Å². The van der Waals surface area contributed by atoms with E-state index in [0.717, 1.165) is 0 Å². The van der Waals surface area contributed by atoms with Crippen LogP contribution in [0.25, 0.3) is 0 Å². The van der Waals surface area contributed by atoms with Crippen molar-refractivity contribution in [3.63, 3.8) is 0 Å². The van der Waals surface area contributed by atoms with Crippen LogP contribution >= 0.6 is 22.6 Å². The quantitative estimate of drug-likeness (QED) is 0.393. The molecule has 0 radical (unpaired) electrons. The number of nitrogens with two attached hydrogens (primary N) is 1. The molecule has 0 aliphatic carbocycles. The largest absolute Gasteiger partial charge is 0.369 e. The fraction of sp³-hybridized carbons (Fsp3) is 0.333. The summed E-state index contributed by atoms with van der Waals surface area (Å²) in [6.07, 6.45) is -0.152. The molecule has 7 heavy (non-hydrogen) atoms. The molecule has 1 amide bonds. The minimum atomic E-state index is -0.570. The van der Waals surface area contributed by atoms with Gasteiger partial charge in [-0.1, -0.05) is 0 Å². The predicted octanol–water partition coefficient (Wildman–Crippen LogP) is -0.177. The van der Waals surface area contributed by atoms with Crippen LogP contribution in [0.3, 0.4) is 0 Å². The maximum absolute atomic E-state index is 9.94. The molecule has 0 saturated carbocycles. The van der Waals surface area contributed by atoms with Crippen LogP contribution in [-0.4, -0.2) is 9.70 Å². The van der Waals surface area contributed by atoms with E-state index < -0.39 is 5.91 Å². The monoisotopic (exact) mass is 213 g/mol. The first kappa shape index (κ1) is 6.87. The number of amides is 1. The Labute approximate surface area is 54.4 Å². The lowest BCUT2D eigenvalue weighted by atomic mass is 10.5. The second-order valence-corrected chi connectivity index (χ2v) is 2.20. The predicted molar refractivity (Wildman–Crippen MR) is 32.8 cm³/mol. The van der Waals surface area contributed by atoms with Crippen LogP contribution in [0.4, 0.5) is 0 Å². The van der Waals surface area contributed by atoms with Crippen molar-refractivity contribution in [3.05, 3.63) is 0 Å². The molecule has 0 aromatic heterocycles. The van der Waals surface area contributed by atoms with Gasteiger partial charge in [0.1, 0.15) is 0 Å². The summed E-state index contributed by atoms with van der Waals surface area (Å²) >= 11 is 1.52. The first-order valence-corrected chi connectivity index (χ1v) is 2.67. The van der Waals surface area contributed by atoms with Gasteiger partial charge in [-0.25, -0.2) is 0 Å². The second-order valence-electron chi connectivity index (χ2n) is 0.998. The van der Waals surface area contributed by atoms with E-state index in [0.29, 0.717) is 0 Å². The molecular formula is C3H4INO2. The highest BCUT2D eigenvalue weighted by molar-refractivity contribution is 14.1. The third kappa shape index (κ3) is 5.87. The van der Waals surface area contributed by atoms with Gasteiger partial charge in [0.25, 0.3) is 0 Å². The Hall–Kier alpha value is -0.130. The van der Waals surface area contributed by atoms with Crippen molar-refractivity contribution >= 4 is 32.3 Å². The van der Waals surface area contributed by atoms with E-state index in [1.807, 2.05) is 0 Å². The third-order valence-electron chi connectivity index (χ3n) is 0.313. The average Bonchev–Trinajstić information content (AvgIpc) is 1.27. The lowest BCUT2D eigenvalue weighted by Gasteiger charge is -1.80. The fourth-order valence-corrected chi connectivity index (χ4v) is 0.513. The smallest absolute Gasteiger partial charge is 0.225 e. The Morgan fingerprint density at radius 2 is 2.00 bits per heavy atom. The molecule has 0 atom stereocenters. The van der Waals surface area contributed by atoms with Crippen LogP contribution in [0.1, 0.15) is 6.42 Å². The van der Waals surface area contributed by atoms with Crippen LogP contribution in [0.2, 0.25) is 0 Å². The van der Waals surface area contributed by atoms with Gasteiger partial charge < -0.3 is 5.73 Å². The van der Waals surface area contributed by atoms with Crippen molar-refractivity contribution in [2.75, 3.05) is 0 Å². The number of halogens is 1. The van der Waals surface area contributed by atoms with E-state index in [2.05, 4.69) is 5.73 Å². The molecule has 0 saturated heterocycles. The van der Waals surface area contributed by atoms with Crippen LogP contribution < -0.4 is 5.73 Å². The molecule has 0 aromatic rings. The standard InChI is InChI=1S/C3H4INO2/c4-2(6)1-3(5)7/h1H2,(H2,5,7). The maximum atomic E-state index is 9.94. The molecule has 0 heterocycles. The van der Waals surface area contributed by atoms with Crippen LogP contribution in [-0.2, 0) is 9.59 Å². The fourth-order valence-electron chi connectivity index (χ4n) is 0.137. The van der Waals surface area contributed by atoms with E-state index >= 15 is 0 Å². The van der Waals surface area contributed by atoms with Gasteiger partial charge in [0.05, 0.1) is 6.42 Å². The number of primary amides is 1. The molecule has 3 nitrogen and oxygen atoms in total. The lowest BCUT2D eigenvalue weighted by Crippen LogP contribution is -2.12. The molecule has 0 rings (SSSR count). The molecule has 4 heteroatoms. The number of carbonyl (C=O) groups excluding carboxylic acids is 2. The lowest BCUT2D eigenvalue weighted by molar-refractivity contribution is -0.121. The molecule has 0 spiro atoms. The Balaban J connectivity index is 3.32. The van der Waals surface area contributed by atoms with Crippen LogP contribution in [0.5, 0.6) is 0 Å². The number of hydrogen-bond acceptors (Lipinski definition) is 2. The summed E-state index contributed by atoms with van der Waals surface area (Å²) in [6, 6.07) is 0. The number of hydrogen-bond donors (Lipinski definition) is 1. The van der Waals surface area contributed by atoms with Gasteiger partial charge in [0.15, 0.2) is 0 Å². The van der Waals surface area contributed by atoms with Crippen molar-refractivity contribution in [2.45, 2.75) is 6.42 Å². The Bertz CT molecular complexity index is 89.1. The summed E-state index contributed by atoms with van der Waals surface area (Å²) in [5.41, 5.74) is 4.63. The van der Waals surface area contributed by atoms with E-state index in [-0.39, 0.29) is 10.2 Å². The summed E-state index contributed by atoms with van der Waals surface area (Å²) in [6.45, 7) is 0. The van der Waals surface area contributed by atoms with E-state index in [4.69, 9.17) is 0 Å². The average molecular weight is 213 g/mol. The Morgan fingerprint density at radius 1 is 1.57 bits per heavy atom. The SMILES string of the molecule is NC(=O)CC(=O)I. The zero-order valence-electron chi connectivity index (χ0n) is 3.48. The van der Waals surface area contributed by atoms with Gasteiger partial charge in [-0.3, -0.25) is 9.59 Å². The highest BCUT2D eigenvalue weighted by atomic mass is 127. The zero-order valence-corrected chi connectivity index (χ0v) is 5.64. The Kier molecular flexibility index (Phi) is 2.89. The first-order chi connectivity index (χ1) is 3.13. The van der Waals surface area contributed by atoms with Crippen LogP contribution in [0, 0.1) is 0 Å². The molecule has 0 aliphatic heterocycles. The van der Waals surface area contributed by atoms with Gasteiger partial charge in [0.2, 0.25) is 9.70 Å². The third-order valence-corrected chi connectivity index (χ3v) is 0.695. The van der Waals surface area contributed by atoms with Gasteiger partial charge in [-0.2, -0.15) is 0 Å². The van der Waals surface area contributed by atoms with E-state index in [1.54, 1.807) is 0 Å². The van der Waals surface area contributed by atoms with Crippen LogP contribution in [0.15, 0.2) is 0 Å². The number of rotatable bonds is 2. The molecule has 40 valence electrons. The summed E-state index contributed by atoms with van der Waals surface area (Å²) < 4.78 is -0.217. The van der Waals surface area contributed by atoms with Crippen molar-refractivity contribution in [3.8, 4) is 0 Å². The van der Waals surface area contributed by atoms with Crippen molar-refractivity contribution in [1.82, 2.24) is 0 Å². The summed E-state index contributed by atoms with van der Waals surface area (Å²) in [5, 5.41) is 0.